The molecule has 0 amide bonds. The van der Waals surface area contributed by atoms with Gasteiger partial charge in [0, 0.05) is 69.4 Å². The highest BCUT2D eigenvalue weighted by molar-refractivity contribution is 9.11. The molecule has 2 spiro atoms. The lowest BCUT2D eigenvalue weighted by atomic mass is 9.90. The maximum atomic E-state index is 14.0. The summed E-state index contributed by atoms with van der Waals surface area (Å²) in [6.45, 7) is 4.50. The van der Waals surface area contributed by atoms with Gasteiger partial charge < -0.3 is 28.5 Å². The van der Waals surface area contributed by atoms with Crippen LogP contribution in [0, 0.1) is 41.2 Å². The Morgan fingerprint density at radius 2 is 1.32 bits per heavy atom. The third-order valence-electron chi connectivity index (χ3n) is 10.8. The number of H-pyrrole nitrogens is 1. The number of nitriles is 2. The van der Waals surface area contributed by atoms with Gasteiger partial charge in [-0.1, -0.05) is 17.7 Å². The van der Waals surface area contributed by atoms with Crippen molar-refractivity contribution >= 4 is 63.8 Å². The van der Waals surface area contributed by atoms with Gasteiger partial charge in [-0.3, -0.25) is 4.18 Å². The molecule has 2 aliphatic carbocycles. The standard InChI is InChI=1S/C17H16BrFN2O2.C15H20O5S.C9H4BrFN2/c18-14-10-21(16-8-15(19)11(9-20)7-13(14)16)12-1-3-17(4-2-12)22-5-6-23-17;1-12-2-4-14(5-3-12)21(16,17)20-13-6-8-15(9-7-13)18-10-11-19-15;10-7-4-13-9-2-8(11)5(3-12)1-6(7)9/h7-8,10,12H,1-6H2;2-5,13H,6-11H2,1H3;1-2,4,13H. The molecule has 2 aliphatic heterocycles. The van der Waals surface area contributed by atoms with Crippen LogP contribution in [0.5, 0.6) is 0 Å². The fourth-order valence-electron chi connectivity index (χ4n) is 7.77. The first-order valence-electron chi connectivity index (χ1n) is 18.6. The van der Waals surface area contributed by atoms with Crippen molar-refractivity contribution in [2.75, 3.05) is 26.4 Å². The van der Waals surface area contributed by atoms with E-state index in [-0.39, 0.29) is 28.2 Å². The van der Waals surface area contributed by atoms with Crippen molar-refractivity contribution in [3.63, 3.8) is 0 Å². The summed E-state index contributed by atoms with van der Waals surface area (Å²) in [4.78, 5) is 3.09. The van der Waals surface area contributed by atoms with Crippen LogP contribution in [0.4, 0.5) is 8.78 Å². The van der Waals surface area contributed by atoms with Crippen LogP contribution >= 0.6 is 31.9 Å². The lowest BCUT2D eigenvalue weighted by molar-refractivity contribution is -0.185. The van der Waals surface area contributed by atoms with E-state index in [0.717, 1.165) is 56.5 Å². The summed E-state index contributed by atoms with van der Waals surface area (Å²) in [6.07, 6.45) is 9.60. The number of halogens is 4. The van der Waals surface area contributed by atoms with E-state index in [1.807, 2.05) is 19.2 Å². The van der Waals surface area contributed by atoms with E-state index >= 15 is 0 Å². The summed E-state index contributed by atoms with van der Waals surface area (Å²) in [5, 5.41) is 19.3. The number of nitrogens with one attached hydrogen (secondary N) is 1. The monoisotopic (exact) mass is 928 g/mol. The van der Waals surface area contributed by atoms with Crippen molar-refractivity contribution in [1.29, 1.82) is 10.5 Å². The maximum absolute atomic E-state index is 14.0. The molecule has 4 fully saturated rings. The van der Waals surface area contributed by atoms with Crippen LogP contribution in [0.1, 0.15) is 74.1 Å². The topological polar surface area (TPSA) is 149 Å². The van der Waals surface area contributed by atoms with Gasteiger partial charge in [0.25, 0.3) is 10.1 Å². The largest absolute Gasteiger partial charge is 0.360 e. The third-order valence-corrected chi connectivity index (χ3v) is 13.5. The summed E-state index contributed by atoms with van der Waals surface area (Å²) >= 11 is 6.82. The first-order chi connectivity index (χ1) is 27.3. The lowest BCUT2D eigenvalue weighted by Gasteiger charge is -2.36. The fraction of sp³-hybridized carbons (Fsp3) is 0.415. The Morgan fingerprint density at radius 3 is 1.88 bits per heavy atom. The van der Waals surface area contributed by atoms with Crippen LogP contribution in [0.2, 0.25) is 0 Å². The van der Waals surface area contributed by atoms with E-state index in [1.54, 1.807) is 42.6 Å². The molecule has 0 atom stereocenters. The van der Waals surface area contributed by atoms with E-state index < -0.39 is 33.3 Å². The van der Waals surface area contributed by atoms with Gasteiger partial charge in [0.1, 0.15) is 23.8 Å². The van der Waals surface area contributed by atoms with E-state index in [0.29, 0.717) is 57.6 Å². The summed E-state index contributed by atoms with van der Waals surface area (Å²) in [5.74, 6) is -1.85. The van der Waals surface area contributed by atoms with Crippen molar-refractivity contribution in [3.05, 3.63) is 98.2 Å². The molecule has 2 aromatic heterocycles. The van der Waals surface area contributed by atoms with Gasteiger partial charge >= 0.3 is 0 Å². The number of fused-ring (bicyclic) bond motifs is 2. The van der Waals surface area contributed by atoms with Gasteiger partial charge in [-0.05, 0) is 101 Å². The molecular weight excluding hydrogens is 890 g/mol. The van der Waals surface area contributed by atoms with Crippen molar-refractivity contribution in [1.82, 2.24) is 9.55 Å². The van der Waals surface area contributed by atoms with Gasteiger partial charge in [0.15, 0.2) is 11.6 Å². The van der Waals surface area contributed by atoms with Crippen molar-refractivity contribution in [3.8, 4) is 12.1 Å². The Hall–Kier alpha value is -3.71. The van der Waals surface area contributed by atoms with Crippen LogP contribution in [0.15, 0.2) is 74.8 Å². The fourth-order valence-corrected chi connectivity index (χ4v) is 9.88. The van der Waals surface area contributed by atoms with Crippen LogP contribution in [-0.2, 0) is 33.2 Å². The molecule has 1 N–H and O–H groups in total. The Labute approximate surface area is 346 Å². The van der Waals surface area contributed by atoms with Crippen LogP contribution in [0.25, 0.3) is 21.8 Å². The molecule has 2 saturated carbocycles. The average Bonchev–Trinajstić information content (AvgIpc) is 4.01. The summed E-state index contributed by atoms with van der Waals surface area (Å²) in [7, 11) is -3.69. The van der Waals surface area contributed by atoms with Crippen LogP contribution in [-0.4, -0.2) is 62.1 Å². The molecular formula is C41H40Br2F2N4O7S. The molecule has 5 aromatic rings. The number of benzene rings is 3. The average molecular weight is 931 g/mol. The molecule has 57 heavy (non-hydrogen) atoms. The minimum absolute atomic E-state index is 0.0628. The minimum atomic E-state index is -3.69. The molecule has 4 aliphatic rings. The normalized spacial score (nSPS) is 20.2. The number of nitrogens with zero attached hydrogens (tertiary/aromatic N) is 3. The number of hydrogen-bond donors (Lipinski definition) is 1. The van der Waals surface area contributed by atoms with Crippen LogP contribution < -0.4 is 0 Å². The van der Waals surface area contributed by atoms with Gasteiger partial charge in [0.2, 0.25) is 0 Å². The number of aromatic amines is 1. The lowest BCUT2D eigenvalue weighted by Crippen LogP contribution is -2.38. The zero-order chi connectivity index (χ0) is 40.4. The minimum Gasteiger partial charge on any atom is -0.360 e. The molecule has 16 heteroatoms. The molecule has 3 aromatic carbocycles. The number of aryl methyl sites for hydroxylation is 1. The molecule has 0 radical (unpaired) electrons. The van der Waals surface area contributed by atoms with E-state index in [9.17, 15) is 17.2 Å². The Morgan fingerprint density at radius 1 is 0.789 bits per heavy atom. The van der Waals surface area contributed by atoms with Gasteiger partial charge in [-0.25, -0.2) is 8.78 Å². The second-order valence-corrected chi connectivity index (χ2v) is 17.8. The summed E-state index contributed by atoms with van der Waals surface area (Å²) in [5.41, 5.74) is 2.66. The number of ether oxygens (including phenoxy) is 4. The van der Waals surface area contributed by atoms with Crippen molar-refractivity contribution in [2.45, 2.75) is 86.9 Å². The Balaban J connectivity index is 0.000000136. The zero-order valence-corrected chi connectivity index (χ0v) is 35.0. The molecule has 11 nitrogen and oxygen atoms in total. The van der Waals surface area contributed by atoms with E-state index in [2.05, 4.69) is 41.4 Å². The summed E-state index contributed by atoms with van der Waals surface area (Å²) in [6, 6.07) is 16.6. The van der Waals surface area contributed by atoms with E-state index in [4.69, 9.17) is 33.7 Å². The predicted molar refractivity (Wildman–Crippen MR) is 213 cm³/mol. The highest BCUT2D eigenvalue weighted by Crippen LogP contribution is 2.43. The Bertz CT molecular complexity index is 2430. The van der Waals surface area contributed by atoms with Crippen molar-refractivity contribution < 1.29 is 40.3 Å². The highest BCUT2D eigenvalue weighted by Gasteiger charge is 2.42. The van der Waals surface area contributed by atoms with E-state index in [1.165, 1.54) is 18.2 Å². The second kappa shape index (κ2) is 17.3. The predicted octanol–water partition coefficient (Wildman–Crippen LogP) is 9.60. The second-order valence-electron chi connectivity index (χ2n) is 14.5. The Kier molecular flexibility index (Phi) is 12.5. The third kappa shape index (κ3) is 9.14. The van der Waals surface area contributed by atoms with Crippen LogP contribution in [0.3, 0.4) is 0 Å². The highest BCUT2D eigenvalue weighted by atomic mass is 79.9. The summed E-state index contributed by atoms with van der Waals surface area (Å²) < 4.78 is 83.6. The molecule has 0 bridgehead atoms. The molecule has 9 rings (SSSR count). The smallest absolute Gasteiger partial charge is 0.297 e. The zero-order valence-electron chi connectivity index (χ0n) is 31.0. The van der Waals surface area contributed by atoms with Gasteiger partial charge in [0.05, 0.1) is 54.1 Å². The number of aromatic nitrogens is 2. The van der Waals surface area contributed by atoms with Gasteiger partial charge in [-0.2, -0.15) is 18.9 Å². The maximum Gasteiger partial charge on any atom is 0.297 e. The molecule has 4 heterocycles. The number of rotatable bonds is 4. The number of hydrogen-bond acceptors (Lipinski definition) is 9. The molecule has 0 unspecified atom stereocenters. The molecule has 2 saturated heterocycles. The first kappa shape index (κ1) is 41.4. The SMILES string of the molecule is Cc1ccc(S(=O)(=O)OC2CCC3(CC2)OCCO3)cc1.N#Cc1cc2c(Br)c[nH]c2cc1F.N#Cc1cc2c(Br)cn(C3CCC4(CC3)OCCO4)c2cc1F. The molecule has 300 valence electrons. The van der Waals surface area contributed by atoms with Crippen molar-refractivity contribution in [2.24, 2.45) is 0 Å². The van der Waals surface area contributed by atoms with Gasteiger partial charge in [-0.15, -0.1) is 0 Å². The quantitative estimate of drug-likeness (QED) is 0.174. The first-order valence-corrected chi connectivity index (χ1v) is 21.6.